The molecule has 6 heteroatoms. The summed E-state index contributed by atoms with van der Waals surface area (Å²) in [4.78, 5) is 0. The molecule has 0 aliphatic carbocycles. The van der Waals surface area contributed by atoms with Crippen LogP contribution in [0.25, 0.3) is 0 Å². The largest absolute Gasteiger partial charge is 0.264 e. The zero-order chi connectivity index (χ0) is 13.8. The third-order valence-electron chi connectivity index (χ3n) is 2.94. The van der Waals surface area contributed by atoms with Crippen LogP contribution in [0, 0.1) is 0 Å². The van der Waals surface area contributed by atoms with Crippen molar-refractivity contribution in [3.63, 3.8) is 0 Å². The highest BCUT2D eigenvalue weighted by molar-refractivity contribution is 5.54. The second-order valence-corrected chi connectivity index (χ2v) is 4.33. The van der Waals surface area contributed by atoms with Crippen LogP contribution >= 0.6 is 0 Å². The molecule has 0 aliphatic rings. The van der Waals surface area contributed by atoms with Crippen molar-refractivity contribution in [2.75, 3.05) is 5.01 Å². The number of nitrogens with zero attached hydrogens (tertiary/aromatic N) is 5. The van der Waals surface area contributed by atoms with Crippen LogP contribution in [0.2, 0.25) is 0 Å². The summed E-state index contributed by atoms with van der Waals surface area (Å²) in [7, 11) is 0. The molecule has 0 saturated heterocycles. The van der Waals surface area contributed by atoms with Crippen molar-refractivity contribution in [3.05, 3.63) is 66.2 Å². The highest BCUT2D eigenvalue weighted by atomic mass is 15.6. The van der Waals surface area contributed by atoms with E-state index in [2.05, 4.69) is 15.5 Å². The average Bonchev–Trinajstić information content (AvgIpc) is 2.96. The minimum Gasteiger partial charge on any atom is -0.245 e. The van der Waals surface area contributed by atoms with E-state index in [9.17, 15) is 0 Å². The molecule has 3 rings (SSSR count). The molecule has 0 bridgehead atoms. The molecule has 100 valence electrons. The molecule has 0 unspecified atom stereocenters. The summed E-state index contributed by atoms with van der Waals surface area (Å²) in [6.45, 7) is 0.573. The van der Waals surface area contributed by atoms with Crippen LogP contribution in [0.3, 0.4) is 0 Å². The fourth-order valence-electron chi connectivity index (χ4n) is 1.94. The first-order valence-corrected chi connectivity index (χ1v) is 6.24. The third kappa shape index (κ3) is 2.50. The lowest BCUT2D eigenvalue weighted by Crippen LogP contribution is -2.28. The quantitative estimate of drug-likeness (QED) is 0.575. The first kappa shape index (κ1) is 12.3. The molecule has 20 heavy (non-hydrogen) atoms. The van der Waals surface area contributed by atoms with Gasteiger partial charge in [0, 0.05) is 0 Å². The minimum atomic E-state index is 0.500. The summed E-state index contributed by atoms with van der Waals surface area (Å²) in [5, 5.41) is 13.2. The maximum atomic E-state index is 6.09. The standard InChI is InChI=1S/C14H14N6/c15-20(13-9-5-2-6-10-13)14-16-17-18-19(14)11-12-7-3-1-4-8-12/h1-10H,11,15H2. The molecule has 1 aromatic heterocycles. The van der Waals surface area contributed by atoms with Gasteiger partial charge in [-0.25, -0.2) is 15.5 Å². The Hall–Kier alpha value is -2.73. The second-order valence-electron chi connectivity index (χ2n) is 4.33. The van der Waals surface area contributed by atoms with Gasteiger partial charge in [-0.15, -0.1) is 0 Å². The van der Waals surface area contributed by atoms with Crippen LogP contribution in [0.5, 0.6) is 0 Å². The van der Waals surface area contributed by atoms with Crippen molar-refractivity contribution >= 4 is 11.6 Å². The van der Waals surface area contributed by atoms with E-state index >= 15 is 0 Å². The van der Waals surface area contributed by atoms with Gasteiger partial charge >= 0.3 is 0 Å². The Morgan fingerprint density at radius 2 is 1.60 bits per heavy atom. The number of tetrazole rings is 1. The molecular formula is C14H14N6. The summed E-state index contributed by atoms with van der Waals surface area (Å²) in [5.41, 5.74) is 1.94. The van der Waals surface area contributed by atoms with Gasteiger partial charge < -0.3 is 0 Å². The number of rotatable bonds is 4. The monoisotopic (exact) mass is 266 g/mol. The normalized spacial score (nSPS) is 10.4. The van der Waals surface area contributed by atoms with Crippen LogP contribution in [0.1, 0.15) is 5.56 Å². The summed E-state index contributed by atoms with van der Waals surface area (Å²) >= 11 is 0. The van der Waals surface area contributed by atoms with E-state index in [1.807, 2.05) is 60.7 Å². The van der Waals surface area contributed by atoms with Gasteiger partial charge in [0.05, 0.1) is 12.2 Å². The Balaban J connectivity index is 1.87. The lowest BCUT2D eigenvalue weighted by atomic mass is 10.2. The number of hydrogen-bond donors (Lipinski definition) is 1. The summed E-state index contributed by atoms with van der Waals surface area (Å²) in [6, 6.07) is 19.6. The number of nitrogens with two attached hydrogens (primary N) is 1. The van der Waals surface area contributed by atoms with Gasteiger partial charge in [0.25, 0.3) is 5.95 Å². The number of benzene rings is 2. The molecule has 0 saturated carbocycles. The molecule has 2 N–H and O–H groups in total. The Kier molecular flexibility index (Phi) is 3.38. The van der Waals surface area contributed by atoms with Crippen molar-refractivity contribution in [2.24, 2.45) is 5.84 Å². The molecule has 0 amide bonds. The molecule has 0 atom stereocenters. The predicted molar refractivity (Wildman–Crippen MR) is 76.1 cm³/mol. The number of aromatic nitrogens is 4. The van der Waals surface area contributed by atoms with Crippen LogP contribution in [0.4, 0.5) is 11.6 Å². The van der Waals surface area contributed by atoms with E-state index < -0.39 is 0 Å². The van der Waals surface area contributed by atoms with Gasteiger partial charge in [-0.05, 0) is 28.1 Å². The third-order valence-corrected chi connectivity index (χ3v) is 2.94. The van der Waals surface area contributed by atoms with Crippen molar-refractivity contribution in [1.29, 1.82) is 0 Å². The van der Waals surface area contributed by atoms with Gasteiger partial charge in [0.15, 0.2) is 0 Å². The molecular weight excluding hydrogens is 252 g/mol. The van der Waals surface area contributed by atoms with Crippen molar-refractivity contribution < 1.29 is 0 Å². The Labute approximate surface area is 116 Å². The zero-order valence-corrected chi connectivity index (χ0v) is 10.8. The van der Waals surface area contributed by atoms with E-state index in [0.717, 1.165) is 11.3 Å². The molecule has 2 aromatic carbocycles. The molecule has 1 heterocycles. The number of hydrogen-bond acceptors (Lipinski definition) is 5. The molecule has 6 nitrogen and oxygen atoms in total. The minimum absolute atomic E-state index is 0.500. The van der Waals surface area contributed by atoms with E-state index in [1.165, 1.54) is 5.01 Å². The lowest BCUT2D eigenvalue weighted by molar-refractivity contribution is 0.644. The van der Waals surface area contributed by atoms with Crippen LogP contribution in [-0.2, 0) is 6.54 Å². The van der Waals surface area contributed by atoms with Crippen LogP contribution < -0.4 is 10.9 Å². The van der Waals surface area contributed by atoms with Gasteiger partial charge in [0.1, 0.15) is 0 Å². The second kappa shape index (κ2) is 5.50. The Bertz CT molecular complexity index is 664. The summed E-state index contributed by atoms with van der Waals surface area (Å²) in [5.74, 6) is 6.59. The maximum Gasteiger partial charge on any atom is 0.264 e. The molecule has 3 aromatic rings. The number of para-hydroxylation sites is 1. The van der Waals surface area contributed by atoms with E-state index in [-0.39, 0.29) is 0 Å². The first-order valence-electron chi connectivity index (χ1n) is 6.24. The maximum absolute atomic E-state index is 6.09. The highest BCUT2D eigenvalue weighted by Gasteiger charge is 2.13. The Morgan fingerprint density at radius 3 is 2.30 bits per heavy atom. The summed E-state index contributed by atoms with van der Waals surface area (Å²) < 4.78 is 1.67. The fourth-order valence-corrected chi connectivity index (χ4v) is 1.94. The van der Waals surface area contributed by atoms with Gasteiger partial charge in [-0.2, -0.15) is 0 Å². The van der Waals surface area contributed by atoms with Gasteiger partial charge in [-0.1, -0.05) is 53.6 Å². The van der Waals surface area contributed by atoms with E-state index in [0.29, 0.717) is 12.5 Å². The van der Waals surface area contributed by atoms with Crippen LogP contribution in [0.15, 0.2) is 60.7 Å². The number of anilines is 2. The molecule has 0 spiro atoms. The van der Waals surface area contributed by atoms with Crippen LogP contribution in [-0.4, -0.2) is 20.2 Å². The topological polar surface area (TPSA) is 72.9 Å². The average molecular weight is 266 g/mol. The summed E-state index contributed by atoms with van der Waals surface area (Å²) in [6.07, 6.45) is 0. The molecule has 0 fully saturated rings. The smallest absolute Gasteiger partial charge is 0.245 e. The fraction of sp³-hybridized carbons (Fsp3) is 0.0714. The highest BCUT2D eigenvalue weighted by Crippen LogP contribution is 2.18. The predicted octanol–water partition coefficient (Wildman–Crippen LogP) is 1.73. The van der Waals surface area contributed by atoms with E-state index in [4.69, 9.17) is 5.84 Å². The SMILES string of the molecule is NN(c1ccccc1)c1nnnn1Cc1ccccc1. The lowest BCUT2D eigenvalue weighted by Gasteiger charge is -2.16. The Morgan fingerprint density at radius 1 is 0.950 bits per heavy atom. The molecule has 0 aliphatic heterocycles. The van der Waals surface area contributed by atoms with Gasteiger partial charge in [0.2, 0.25) is 0 Å². The zero-order valence-electron chi connectivity index (χ0n) is 10.8. The van der Waals surface area contributed by atoms with Gasteiger partial charge in [-0.3, -0.25) is 0 Å². The number of hydrazine groups is 1. The molecule has 0 radical (unpaired) electrons. The first-order chi connectivity index (χ1) is 9.84. The van der Waals surface area contributed by atoms with Crippen molar-refractivity contribution in [3.8, 4) is 0 Å². The van der Waals surface area contributed by atoms with Crippen molar-refractivity contribution in [2.45, 2.75) is 6.54 Å². The van der Waals surface area contributed by atoms with Crippen molar-refractivity contribution in [1.82, 2.24) is 20.2 Å². The van der Waals surface area contributed by atoms with E-state index in [1.54, 1.807) is 4.68 Å².